The molecule has 0 fully saturated rings. The fraction of sp³-hybridized carbons (Fsp3) is 0.143. The highest BCUT2D eigenvalue weighted by atomic mass is 16.5. The zero-order valence-electron chi connectivity index (χ0n) is 14.7. The Kier molecular flexibility index (Phi) is 5.49. The number of carbonyl (C=O) groups is 1. The van der Waals surface area contributed by atoms with Crippen molar-refractivity contribution >= 4 is 23.0 Å². The van der Waals surface area contributed by atoms with Crippen molar-refractivity contribution in [3.8, 4) is 5.75 Å². The number of hydrazone groups is 1. The maximum Gasteiger partial charge on any atom is 0.244 e. The van der Waals surface area contributed by atoms with Crippen LogP contribution in [0.1, 0.15) is 11.1 Å². The molecule has 0 atom stereocenters. The Hall–Kier alpha value is -3.34. The van der Waals surface area contributed by atoms with E-state index in [0.717, 1.165) is 34.3 Å². The first-order valence-corrected chi connectivity index (χ1v) is 8.35. The van der Waals surface area contributed by atoms with Gasteiger partial charge >= 0.3 is 0 Å². The van der Waals surface area contributed by atoms with E-state index in [1.165, 1.54) is 0 Å². The zero-order chi connectivity index (χ0) is 18.4. The summed E-state index contributed by atoms with van der Waals surface area (Å²) in [5.74, 6) is 0.601. The number of amides is 1. The molecule has 0 saturated heterocycles. The van der Waals surface area contributed by atoms with Gasteiger partial charge in [-0.05, 0) is 23.8 Å². The number of nitrogens with one attached hydrogen (secondary N) is 1. The molecule has 0 bridgehead atoms. The standard InChI is InChI=1S/C21H21N3O2/c1-3-12-24-15-17(19-6-4-5-7-20(19)24)14-22-23-21(25)13-16-8-10-18(26-2)11-9-16/h3-11,14-15H,1,12-13H2,2H3,(H,23,25)/b22-14+. The van der Waals surface area contributed by atoms with Crippen LogP contribution >= 0.6 is 0 Å². The minimum Gasteiger partial charge on any atom is -0.497 e. The van der Waals surface area contributed by atoms with Crippen molar-refractivity contribution < 1.29 is 9.53 Å². The summed E-state index contributed by atoms with van der Waals surface area (Å²) in [6.45, 7) is 4.51. The Balaban J connectivity index is 1.67. The number of methoxy groups -OCH3 is 1. The number of fused-ring (bicyclic) bond motifs is 1. The first kappa shape index (κ1) is 17.5. The molecular weight excluding hydrogens is 326 g/mol. The molecule has 0 aliphatic rings. The van der Waals surface area contributed by atoms with E-state index < -0.39 is 0 Å². The van der Waals surface area contributed by atoms with Gasteiger partial charge < -0.3 is 9.30 Å². The maximum atomic E-state index is 12.1. The van der Waals surface area contributed by atoms with E-state index in [0.29, 0.717) is 0 Å². The Bertz CT molecular complexity index is 940. The van der Waals surface area contributed by atoms with Crippen LogP contribution in [0.15, 0.2) is 72.5 Å². The molecule has 1 aromatic heterocycles. The van der Waals surface area contributed by atoms with Crippen molar-refractivity contribution in [3.63, 3.8) is 0 Å². The molecule has 26 heavy (non-hydrogen) atoms. The molecule has 1 amide bonds. The van der Waals surface area contributed by atoms with E-state index in [1.807, 2.05) is 54.7 Å². The number of aromatic nitrogens is 1. The predicted molar refractivity (Wildman–Crippen MR) is 105 cm³/mol. The molecule has 5 heteroatoms. The summed E-state index contributed by atoms with van der Waals surface area (Å²) in [5.41, 5.74) is 5.55. The molecule has 0 aliphatic heterocycles. The van der Waals surface area contributed by atoms with Gasteiger partial charge in [0.2, 0.25) is 5.91 Å². The summed E-state index contributed by atoms with van der Waals surface area (Å²) >= 11 is 0. The zero-order valence-corrected chi connectivity index (χ0v) is 14.7. The van der Waals surface area contributed by atoms with E-state index in [2.05, 4.69) is 27.7 Å². The Morgan fingerprint density at radius 1 is 1.23 bits per heavy atom. The Morgan fingerprint density at radius 2 is 2.00 bits per heavy atom. The summed E-state index contributed by atoms with van der Waals surface area (Å²) < 4.78 is 7.21. The fourth-order valence-electron chi connectivity index (χ4n) is 2.81. The van der Waals surface area contributed by atoms with Crippen molar-refractivity contribution in [1.29, 1.82) is 0 Å². The molecule has 0 spiro atoms. The highest BCUT2D eigenvalue weighted by Crippen LogP contribution is 2.20. The number of hydrogen-bond donors (Lipinski definition) is 1. The van der Waals surface area contributed by atoms with Gasteiger partial charge in [-0.3, -0.25) is 4.79 Å². The summed E-state index contributed by atoms with van der Waals surface area (Å²) in [6, 6.07) is 15.5. The number of ether oxygens (including phenoxy) is 1. The van der Waals surface area contributed by atoms with Crippen LogP contribution < -0.4 is 10.2 Å². The second-order valence-electron chi connectivity index (χ2n) is 5.86. The van der Waals surface area contributed by atoms with Gasteiger partial charge in [0, 0.05) is 29.2 Å². The lowest BCUT2D eigenvalue weighted by molar-refractivity contribution is -0.120. The lowest BCUT2D eigenvalue weighted by Crippen LogP contribution is -2.19. The molecular formula is C21H21N3O2. The third-order valence-electron chi connectivity index (χ3n) is 4.06. The molecule has 0 unspecified atom stereocenters. The van der Waals surface area contributed by atoms with E-state index in [-0.39, 0.29) is 12.3 Å². The van der Waals surface area contributed by atoms with Crippen molar-refractivity contribution in [3.05, 3.63) is 78.5 Å². The van der Waals surface area contributed by atoms with Crippen LogP contribution in [-0.2, 0) is 17.8 Å². The van der Waals surface area contributed by atoms with Crippen LogP contribution in [0.4, 0.5) is 0 Å². The molecule has 132 valence electrons. The smallest absolute Gasteiger partial charge is 0.244 e. The first-order valence-electron chi connectivity index (χ1n) is 8.35. The van der Waals surface area contributed by atoms with Crippen molar-refractivity contribution in [2.45, 2.75) is 13.0 Å². The van der Waals surface area contributed by atoms with Gasteiger partial charge in [0.15, 0.2) is 0 Å². The van der Waals surface area contributed by atoms with Gasteiger partial charge in [-0.15, -0.1) is 6.58 Å². The largest absolute Gasteiger partial charge is 0.497 e. The summed E-state index contributed by atoms with van der Waals surface area (Å²) in [5, 5.41) is 5.19. The van der Waals surface area contributed by atoms with Gasteiger partial charge in [-0.1, -0.05) is 36.4 Å². The van der Waals surface area contributed by atoms with Gasteiger partial charge in [-0.25, -0.2) is 5.43 Å². The Labute approximate surface area is 152 Å². The predicted octanol–water partition coefficient (Wildman–Crippen LogP) is 3.53. The molecule has 5 nitrogen and oxygen atoms in total. The van der Waals surface area contributed by atoms with Crippen molar-refractivity contribution in [1.82, 2.24) is 9.99 Å². The quantitative estimate of drug-likeness (QED) is 0.404. The van der Waals surface area contributed by atoms with Crippen LogP contribution in [-0.4, -0.2) is 23.8 Å². The monoisotopic (exact) mass is 347 g/mol. The average Bonchev–Trinajstić information content (AvgIpc) is 3.01. The number of benzene rings is 2. The summed E-state index contributed by atoms with van der Waals surface area (Å²) in [4.78, 5) is 12.1. The minimum atomic E-state index is -0.166. The molecule has 1 heterocycles. The van der Waals surface area contributed by atoms with Crippen molar-refractivity contribution in [2.24, 2.45) is 5.10 Å². The number of hydrogen-bond acceptors (Lipinski definition) is 3. The first-order chi connectivity index (χ1) is 12.7. The van der Waals surface area contributed by atoms with Crippen LogP contribution in [0.2, 0.25) is 0 Å². The summed E-state index contributed by atoms with van der Waals surface area (Å²) in [7, 11) is 1.61. The highest BCUT2D eigenvalue weighted by molar-refractivity contribution is 5.99. The normalized spacial score (nSPS) is 11.0. The van der Waals surface area contributed by atoms with Gasteiger partial charge in [0.05, 0.1) is 19.7 Å². The van der Waals surface area contributed by atoms with E-state index in [4.69, 9.17) is 4.74 Å². The van der Waals surface area contributed by atoms with Crippen LogP contribution in [0.5, 0.6) is 5.75 Å². The molecule has 0 aliphatic carbocycles. The number of rotatable bonds is 7. The van der Waals surface area contributed by atoms with E-state index in [1.54, 1.807) is 13.3 Å². The Morgan fingerprint density at radius 3 is 2.73 bits per heavy atom. The van der Waals surface area contributed by atoms with E-state index in [9.17, 15) is 4.79 Å². The molecule has 2 aromatic carbocycles. The number of carbonyl (C=O) groups excluding carboxylic acids is 1. The number of para-hydroxylation sites is 1. The van der Waals surface area contributed by atoms with Crippen molar-refractivity contribution in [2.75, 3.05) is 7.11 Å². The molecule has 1 N–H and O–H groups in total. The molecule has 3 rings (SSSR count). The number of nitrogens with zero attached hydrogens (tertiary/aromatic N) is 2. The molecule has 3 aromatic rings. The third kappa shape index (κ3) is 4.00. The van der Waals surface area contributed by atoms with Crippen LogP contribution in [0, 0.1) is 0 Å². The highest BCUT2D eigenvalue weighted by Gasteiger charge is 2.06. The van der Waals surface area contributed by atoms with E-state index >= 15 is 0 Å². The molecule has 0 saturated carbocycles. The van der Waals surface area contributed by atoms with Crippen LogP contribution in [0.3, 0.4) is 0 Å². The minimum absolute atomic E-state index is 0.166. The van der Waals surface area contributed by atoms with Gasteiger partial charge in [0.1, 0.15) is 5.75 Å². The lowest BCUT2D eigenvalue weighted by Gasteiger charge is -2.02. The van der Waals surface area contributed by atoms with Gasteiger partial charge in [-0.2, -0.15) is 5.10 Å². The molecule has 0 radical (unpaired) electrons. The van der Waals surface area contributed by atoms with Crippen LogP contribution in [0.25, 0.3) is 10.9 Å². The topological polar surface area (TPSA) is 55.6 Å². The third-order valence-corrected chi connectivity index (χ3v) is 4.06. The SMILES string of the molecule is C=CCn1cc(/C=N/NC(=O)Cc2ccc(OC)cc2)c2ccccc21. The average molecular weight is 347 g/mol. The summed E-state index contributed by atoms with van der Waals surface area (Å²) in [6.07, 6.45) is 5.79. The second-order valence-corrected chi connectivity index (χ2v) is 5.86. The lowest BCUT2D eigenvalue weighted by atomic mass is 10.1. The van der Waals surface area contributed by atoms with Gasteiger partial charge in [0.25, 0.3) is 0 Å². The fourth-order valence-corrected chi connectivity index (χ4v) is 2.81. The second kappa shape index (κ2) is 8.16. The number of allylic oxidation sites excluding steroid dienone is 1. The maximum absolute atomic E-state index is 12.1.